The molecule has 1 aromatic heterocycles. The van der Waals surface area contributed by atoms with E-state index in [9.17, 15) is 9.59 Å². The molecule has 0 unspecified atom stereocenters. The normalized spacial score (nSPS) is 17.2. The van der Waals surface area contributed by atoms with Crippen LogP contribution >= 0.6 is 0 Å². The number of nitrogens with one attached hydrogen (secondary N) is 3. The summed E-state index contributed by atoms with van der Waals surface area (Å²) in [5, 5.41) is 12.9. The topological polar surface area (TPSA) is 90.1 Å². The van der Waals surface area contributed by atoms with Crippen LogP contribution in [-0.4, -0.2) is 46.7 Å². The standard InChI is InChI=1S/C18H23N5O2/c1-2-19-18(25)23-10-6-9-14(12-23)16-15(11-20-22-16)21-17(24)13-7-4-3-5-8-13/h3-5,7-8,11,14H,2,6,9-10,12H2,1H3,(H,19,25)(H,20,22)(H,21,24)/t14-/m0/s1. The van der Waals surface area contributed by atoms with Gasteiger partial charge in [0.15, 0.2) is 0 Å². The molecule has 7 nitrogen and oxygen atoms in total. The molecule has 1 saturated heterocycles. The summed E-state index contributed by atoms with van der Waals surface area (Å²) in [6.45, 7) is 3.89. The Balaban J connectivity index is 1.70. The number of nitrogens with zero attached hydrogens (tertiary/aromatic N) is 2. The molecule has 0 radical (unpaired) electrons. The predicted molar refractivity (Wildman–Crippen MR) is 95.6 cm³/mol. The smallest absolute Gasteiger partial charge is 0.317 e. The van der Waals surface area contributed by atoms with Crippen LogP contribution in [0.1, 0.15) is 41.7 Å². The van der Waals surface area contributed by atoms with Gasteiger partial charge in [-0.3, -0.25) is 9.89 Å². The largest absolute Gasteiger partial charge is 0.338 e. The van der Waals surface area contributed by atoms with Crippen LogP contribution in [0.5, 0.6) is 0 Å². The number of aromatic nitrogens is 2. The number of piperidine rings is 1. The Morgan fingerprint density at radius 3 is 2.88 bits per heavy atom. The third-order valence-corrected chi connectivity index (χ3v) is 4.40. The lowest BCUT2D eigenvalue weighted by atomic mass is 9.94. The number of hydrogen-bond donors (Lipinski definition) is 3. The Kier molecular flexibility index (Phi) is 5.33. The monoisotopic (exact) mass is 341 g/mol. The van der Waals surface area contributed by atoms with Gasteiger partial charge < -0.3 is 15.5 Å². The molecule has 1 aromatic carbocycles. The van der Waals surface area contributed by atoms with Gasteiger partial charge in [-0.05, 0) is 31.9 Å². The van der Waals surface area contributed by atoms with Crippen LogP contribution in [0.3, 0.4) is 0 Å². The van der Waals surface area contributed by atoms with Gasteiger partial charge in [0.25, 0.3) is 5.91 Å². The molecule has 1 aliphatic heterocycles. The molecule has 0 saturated carbocycles. The van der Waals surface area contributed by atoms with Crippen molar-refractivity contribution in [2.45, 2.75) is 25.7 Å². The van der Waals surface area contributed by atoms with E-state index in [2.05, 4.69) is 20.8 Å². The van der Waals surface area contributed by atoms with Crippen LogP contribution in [-0.2, 0) is 0 Å². The molecular formula is C18H23N5O2. The maximum atomic E-state index is 12.4. The molecule has 2 heterocycles. The Labute approximate surface area is 146 Å². The predicted octanol–water partition coefficient (Wildman–Crippen LogP) is 2.57. The van der Waals surface area contributed by atoms with Crippen LogP contribution in [0, 0.1) is 0 Å². The van der Waals surface area contributed by atoms with E-state index in [0.717, 1.165) is 25.1 Å². The molecule has 1 fully saturated rings. The van der Waals surface area contributed by atoms with E-state index in [4.69, 9.17) is 0 Å². The maximum absolute atomic E-state index is 12.4. The number of likely N-dealkylation sites (tertiary alicyclic amines) is 1. The van der Waals surface area contributed by atoms with Gasteiger partial charge in [-0.1, -0.05) is 18.2 Å². The van der Waals surface area contributed by atoms with Crippen LogP contribution in [0.25, 0.3) is 0 Å². The van der Waals surface area contributed by atoms with E-state index in [-0.39, 0.29) is 17.9 Å². The molecule has 3 N–H and O–H groups in total. The summed E-state index contributed by atoms with van der Waals surface area (Å²) in [6, 6.07) is 9.03. The molecule has 7 heteroatoms. The number of aromatic amines is 1. The third-order valence-electron chi connectivity index (χ3n) is 4.40. The first-order chi connectivity index (χ1) is 12.2. The number of amides is 3. The Bertz CT molecular complexity index is 728. The first kappa shape index (κ1) is 17.0. The maximum Gasteiger partial charge on any atom is 0.317 e. The fourth-order valence-electron chi connectivity index (χ4n) is 3.15. The molecular weight excluding hydrogens is 318 g/mol. The van der Waals surface area contributed by atoms with Crippen LogP contribution in [0.2, 0.25) is 0 Å². The second-order valence-corrected chi connectivity index (χ2v) is 6.14. The molecule has 3 amide bonds. The molecule has 0 bridgehead atoms. The number of H-pyrrole nitrogens is 1. The summed E-state index contributed by atoms with van der Waals surface area (Å²) in [5.74, 6) is -0.0374. The van der Waals surface area contributed by atoms with Crippen molar-refractivity contribution in [2.24, 2.45) is 0 Å². The quantitative estimate of drug-likeness (QED) is 0.798. The van der Waals surface area contributed by atoms with Crippen molar-refractivity contribution in [1.29, 1.82) is 0 Å². The van der Waals surface area contributed by atoms with Crippen molar-refractivity contribution in [3.63, 3.8) is 0 Å². The molecule has 0 aliphatic carbocycles. The van der Waals surface area contributed by atoms with Gasteiger partial charge in [-0.25, -0.2) is 4.79 Å². The van der Waals surface area contributed by atoms with Crippen molar-refractivity contribution in [1.82, 2.24) is 20.4 Å². The first-order valence-corrected chi connectivity index (χ1v) is 8.61. The van der Waals surface area contributed by atoms with E-state index in [1.165, 1.54) is 0 Å². The SMILES string of the molecule is CCNC(=O)N1CCC[C@H](c2[nH]ncc2NC(=O)c2ccccc2)C1. The van der Waals surface area contributed by atoms with Crippen molar-refractivity contribution >= 4 is 17.6 Å². The van der Waals surface area contributed by atoms with Crippen LogP contribution in [0.15, 0.2) is 36.5 Å². The van der Waals surface area contributed by atoms with Gasteiger partial charge in [0.05, 0.1) is 17.6 Å². The minimum absolute atomic E-state index is 0.0402. The van der Waals surface area contributed by atoms with E-state index in [1.807, 2.05) is 30.0 Å². The zero-order chi connectivity index (χ0) is 17.6. The van der Waals surface area contributed by atoms with Crippen LogP contribution < -0.4 is 10.6 Å². The zero-order valence-electron chi connectivity index (χ0n) is 14.3. The fourth-order valence-corrected chi connectivity index (χ4v) is 3.15. The molecule has 1 atom stereocenters. The zero-order valence-corrected chi connectivity index (χ0v) is 14.3. The van der Waals surface area contributed by atoms with Gasteiger partial charge in [0, 0.05) is 31.1 Å². The summed E-state index contributed by atoms with van der Waals surface area (Å²) < 4.78 is 0. The molecule has 0 spiro atoms. The highest BCUT2D eigenvalue weighted by molar-refractivity contribution is 6.04. The molecule has 1 aliphatic rings. The molecule has 2 aromatic rings. The highest BCUT2D eigenvalue weighted by Crippen LogP contribution is 2.30. The summed E-state index contributed by atoms with van der Waals surface area (Å²) in [5.41, 5.74) is 2.15. The number of benzene rings is 1. The number of carbonyl (C=O) groups is 2. The number of hydrogen-bond acceptors (Lipinski definition) is 3. The highest BCUT2D eigenvalue weighted by atomic mass is 16.2. The number of carbonyl (C=O) groups excluding carboxylic acids is 2. The van der Waals surface area contributed by atoms with Crippen molar-refractivity contribution < 1.29 is 9.59 Å². The molecule has 132 valence electrons. The number of urea groups is 1. The fraction of sp³-hybridized carbons (Fsp3) is 0.389. The summed E-state index contributed by atoms with van der Waals surface area (Å²) in [4.78, 5) is 26.3. The lowest BCUT2D eigenvalue weighted by Crippen LogP contribution is -2.45. The van der Waals surface area contributed by atoms with Gasteiger partial charge in [0.2, 0.25) is 0 Å². The average Bonchev–Trinajstić information content (AvgIpc) is 3.11. The van der Waals surface area contributed by atoms with E-state index < -0.39 is 0 Å². The van der Waals surface area contributed by atoms with E-state index >= 15 is 0 Å². The minimum Gasteiger partial charge on any atom is -0.338 e. The first-order valence-electron chi connectivity index (χ1n) is 8.61. The van der Waals surface area contributed by atoms with Crippen molar-refractivity contribution in [3.8, 4) is 0 Å². The van der Waals surface area contributed by atoms with Gasteiger partial charge in [-0.2, -0.15) is 5.10 Å². The van der Waals surface area contributed by atoms with Crippen molar-refractivity contribution in [2.75, 3.05) is 25.0 Å². The Morgan fingerprint density at radius 1 is 1.32 bits per heavy atom. The lowest BCUT2D eigenvalue weighted by Gasteiger charge is -2.32. The highest BCUT2D eigenvalue weighted by Gasteiger charge is 2.27. The third kappa shape index (κ3) is 3.99. The second-order valence-electron chi connectivity index (χ2n) is 6.14. The molecule has 25 heavy (non-hydrogen) atoms. The summed E-state index contributed by atoms with van der Waals surface area (Å²) >= 11 is 0. The van der Waals surface area contributed by atoms with Crippen LogP contribution in [0.4, 0.5) is 10.5 Å². The summed E-state index contributed by atoms with van der Waals surface area (Å²) in [7, 11) is 0. The Hall–Kier alpha value is -2.83. The Morgan fingerprint density at radius 2 is 2.12 bits per heavy atom. The minimum atomic E-state index is -0.167. The van der Waals surface area contributed by atoms with E-state index in [1.54, 1.807) is 18.3 Å². The summed E-state index contributed by atoms with van der Waals surface area (Å²) in [6.07, 6.45) is 3.50. The second kappa shape index (κ2) is 7.83. The number of anilines is 1. The van der Waals surface area contributed by atoms with Gasteiger partial charge in [0.1, 0.15) is 0 Å². The van der Waals surface area contributed by atoms with E-state index in [0.29, 0.717) is 24.3 Å². The molecule has 3 rings (SSSR count). The van der Waals surface area contributed by atoms with Gasteiger partial charge >= 0.3 is 6.03 Å². The number of rotatable bonds is 4. The average molecular weight is 341 g/mol. The van der Waals surface area contributed by atoms with Crippen molar-refractivity contribution in [3.05, 3.63) is 47.8 Å². The lowest BCUT2D eigenvalue weighted by molar-refractivity contribution is 0.102. The van der Waals surface area contributed by atoms with Gasteiger partial charge in [-0.15, -0.1) is 0 Å².